The van der Waals surface area contributed by atoms with Crippen molar-refractivity contribution in [2.75, 3.05) is 6.54 Å². The van der Waals surface area contributed by atoms with E-state index in [1.807, 2.05) is 52.8 Å². The van der Waals surface area contributed by atoms with Crippen molar-refractivity contribution in [2.24, 2.45) is 0 Å². The van der Waals surface area contributed by atoms with Gasteiger partial charge in [-0.15, -0.1) is 11.8 Å². The van der Waals surface area contributed by atoms with Gasteiger partial charge in [-0.25, -0.2) is 0 Å². The molecule has 0 fully saturated rings. The monoisotopic (exact) mass is 375 g/mol. The number of benzene rings is 1. The fourth-order valence-electron chi connectivity index (χ4n) is 2.36. The Balaban J connectivity index is 2.01. The third-order valence-corrected chi connectivity index (χ3v) is 4.71. The molecule has 1 heterocycles. The van der Waals surface area contributed by atoms with E-state index < -0.39 is 0 Å². The zero-order valence-corrected chi connectivity index (χ0v) is 16.6. The zero-order valence-electron chi connectivity index (χ0n) is 15.8. The largest absolute Gasteiger partial charge is 0.361 e. The Kier molecular flexibility index (Phi) is 6.47. The van der Waals surface area contributed by atoms with Gasteiger partial charge in [0.25, 0.3) is 5.91 Å². The summed E-state index contributed by atoms with van der Waals surface area (Å²) in [4.78, 5) is 25.2. The highest BCUT2D eigenvalue weighted by Crippen LogP contribution is 2.28. The SMILES string of the molecule is Cc1noc(C)c1CSc1ccccc1C(=O)NCC(=O)NC(C)(C)C. The lowest BCUT2D eigenvalue weighted by Crippen LogP contribution is -2.45. The molecule has 0 aliphatic carbocycles. The lowest BCUT2D eigenvalue weighted by atomic mass is 10.1. The Morgan fingerprint density at radius 3 is 2.50 bits per heavy atom. The van der Waals surface area contributed by atoms with Crippen LogP contribution < -0.4 is 10.6 Å². The average molecular weight is 375 g/mol. The summed E-state index contributed by atoms with van der Waals surface area (Å²) in [5, 5.41) is 9.45. The lowest BCUT2D eigenvalue weighted by Gasteiger charge is -2.20. The number of aromatic nitrogens is 1. The fourth-order valence-corrected chi connectivity index (χ4v) is 3.56. The number of hydrogen-bond acceptors (Lipinski definition) is 5. The van der Waals surface area contributed by atoms with Crippen molar-refractivity contribution in [1.82, 2.24) is 15.8 Å². The van der Waals surface area contributed by atoms with Crippen molar-refractivity contribution in [1.29, 1.82) is 0 Å². The molecule has 0 atom stereocenters. The molecule has 0 radical (unpaired) electrons. The van der Waals surface area contributed by atoms with Crippen molar-refractivity contribution >= 4 is 23.6 Å². The molecule has 0 saturated carbocycles. The van der Waals surface area contributed by atoms with Gasteiger partial charge in [0, 0.05) is 21.8 Å². The number of nitrogens with one attached hydrogen (secondary N) is 2. The molecule has 6 nitrogen and oxygen atoms in total. The molecule has 0 aliphatic heterocycles. The van der Waals surface area contributed by atoms with Gasteiger partial charge < -0.3 is 15.2 Å². The quantitative estimate of drug-likeness (QED) is 0.757. The standard InChI is InChI=1S/C19H25N3O3S/c1-12-15(13(2)25-22-12)11-26-16-9-7-6-8-14(16)18(24)20-10-17(23)21-19(3,4)5/h6-9H,10-11H2,1-5H3,(H,20,24)(H,21,23). The lowest BCUT2D eigenvalue weighted by molar-refractivity contribution is -0.121. The molecule has 0 unspecified atom stereocenters. The fraction of sp³-hybridized carbons (Fsp3) is 0.421. The number of aryl methyl sites for hydroxylation is 2. The van der Waals surface area contributed by atoms with Crippen LogP contribution in [0.1, 0.15) is 48.1 Å². The Morgan fingerprint density at radius 2 is 1.88 bits per heavy atom. The maximum Gasteiger partial charge on any atom is 0.252 e. The summed E-state index contributed by atoms with van der Waals surface area (Å²) in [7, 11) is 0. The van der Waals surface area contributed by atoms with E-state index in [0.717, 1.165) is 21.9 Å². The van der Waals surface area contributed by atoms with E-state index in [0.29, 0.717) is 11.3 Å². The van der Waals surface area contributed by atoms with Crippen molar-refractivity contribution in [3.05, 3.63) is 46.8 Å². The van der Waals surface area contributed by atoms with Gasteiger partial charge >= 0.3 is 0 Å². The number of amides is 2. The Hall–Kier alpha value is -2.28. The predicted octanol–water partition coefficient (Wildman–Crippen LogP) is 3.23. The van der Waals surface area contributed by atoms with E-state index in [4.69, 9.17) is 4.52 Å². The second kappa shape index (κ2) is 8.40. The summed E-state index contributed by atoms with van der Waals surface area (Å²) in [6.07, 6.45) is 0. The summed E-state index contributed by atoms with van der Waals surface area (Å²) >= 11 is 1.54. The minimum absolute atomic E-state index is 0.0566. The number of rotatable bonds is 6. The van der Waals surface area contributed by atoms with Crippen molar-refractivity contribution in [3.63, 3.8) is 0 Å². The molecule has 140 valence electrons. The van der Waals surface area contributed by atoms with Gasteiger partial charge in [-0.1, -0.05) is 17.3 Å². The summed E-state index contributed by atoms with van der Waals surface area (Å²) in [6.45, 7) is 9.41. The highest BCUT2D eigenvalue weighted by Gasteiger charge is 2.17. The van der Waals surface area contributed by atoms with Crippen LogP contribution in [0.5, 0.6) is 0 Å². The van der Waals surface area contributed by atoms with Crippen LogP contribution in [0, 0.1) is 13.8 Å². The highest BCUT2D eigenvalue weighted by atomic mass is 32.2. The molecule has 2 amide bonds. The van der Waals surface area contributed by atoms with Gasteiger partial charge in [-0.2, -0.15) is 0 Å². The second-order valence-electron chi connectivity index (χ2n) is 7.07. The van der Waals surface area contributed by atoms with Crippen LogP contribution in [0.15, 0.2) is 33.7 Å². The summed E-state index contributed by atoms with van der Waals surface area (Å²) in [5.74, 6) is 0.967. The molecule has 2 N–H and O–H groups in total. The van der Waals surface area contributed by atoms with Gasteiger partial charge in [0.1, 0.15) is 5.76 Å². The predicted molar refractivity (Wildman–Crippen MR) is 102 cm³/mol. The van der Waals surface area contributed by atoms with Crippen molar-refractivity contribution in [3.8, 4) is 0 Å². The summed E-state index contributed by atoms with van der Waals surface area (Å²) in [5.41, 5.74) is 2.11. The maximum absolute atomic E-state index is 12.5. The van der Waals surface area contributed by atoms with Crippen LogP contribution in [-0.2, 0) is 10.5 Å². The van der Waals surface area contributed by atoms with E-state index in [2.05, 4.69) is 15.8 Å². The second-order valence-corrected chi connectivity index (χ2v) is 8.09. The van der Waals surface area contributed by atoms with Gasteiger partial charge in [0.2, 0.25) is 5.91 Å². The van der Waals surface area contributed by atoms with Crippen LogP contribution in [0.2, 0.25) is 0 Å². The Morgan fingerprint density at radius 1 is 1.19 bits per heavy atom. The molecular weight excluding hydrogens is 350 g/mol. The van der Waals surface area contributed by atoms with Crippen molar-refractivity contribution in [2.45, 2.75) is 50.8 Å². The van der Waals surface area contributed by atoms with Gasteiger partial charge in [0.15, 0.2) is 0 Å². The first-order valence-electron chi connectivity index (χ1n) is 8.40. The van der Waals surface area contributed by atoms with Crippen LogP contribution >= 0.6 is 11.8 Å². The number of nitrogens with zero attached hydrogens (tertiary/aromatic N) is 1. The molecule has 2 aromatic rings. The topological polar surface area (TPSA) is 84.2 Å². The molecule has 7 heteroatoms. The van der Waals surface area contributed by atoms with Gasteiger partial charge in [-0.05, 0) is 46.8 Å². The summed E-state index contributed by atoms with van der Waals surface area (Å²) in [6, 6.07) is 7.35. The molecular formula is C19H25N3O3S. The van der Waals surface area contributed by atoms with E-state index in [1.165, 1.54) is 0 Å². The first-order valence-corrected chi connectivity index (χ1v) is 9.38. The average Bonchev–Trinajstić information content (AvgIpc) is 2.88. The third kappa shape index (κ3) is 5.62. The Bertz CT molecular complexity index is 774. The van der Waals surface area contributed by atoms with E-state index in [-0.39, 0.29) is 23.9 Å². The van der Waals surface area contributed by atoms with Crippen LogP contribution in [0.4, 0.5) is 0 Å². The van der Waals surface area contributed by atoms with Crippen LogP contribution in [0.25, 0.3) is 0 Å². The van der Waals surface area contributed by atoms with E-state index >= 15 is 0 Å². The number of carbonyl (C=O) groups excluding carboxylic acids is 2. The summed E-state index contributed by atoms with van der Waals surface area (Å²) < 4.78 is 5.18. The normalized spacial score (nSPS) is 11.3. The van der Waals surface area contributed by atoms with Crippen LogP contribution in [0.3, 0.4) is 0 Å². The molecule has 0 saturated heterocycles. The molecule has 0 aliphatic rings. The smallest absolute Gasteiger partial charge is 0.252 e. The molecule has 0 spiro atoms. The highest BCUT2D eigenvalue weighted by molar-refractivity contribution is 7.98. The zero-order chi connectivity index (χ0) is 19.3. The Labute approximate surface area is 158 Å². The first-order chi connectivity index (χ1) is 12.2. The number of carbonyl (C=O) groups is 2. The molecule has 1 aromatic carbocycles. The third-order valence-electron chi connectivity index (χ3n) is 3.61. The van der Waals surface area contributed by atoms with Crippen LogP contribution in [-0.4, -0.2) is 29.1 Å². The number of thioether (sulfide) groups is 1. The minimum atomic E-state index is -0.329. The minimum Gasteiger partial charge on any atom is -0.361 e. The van der Waals surface area contributed by atoms with E-state index in [1.54, 1.807) is 17.8 Å². The maximum atomic E-state index is 12.5. The van der Waals surface area contributed by atoms with Gasteiger partial charge in [0.05, 0.1) is 17.8 Å². The molecule has 0 bridgehead atoms. The number of hydrogen-bond donors (Lipinski definition) is 2. The molecule has 1 aromatic heterocycles. The van der Waals surface area contributed by atoms with E-state index in [9.17, 15) is 9.59 Å². The molecule has 26 heavy (non-hydrogen) atoms. The van der Waals surface area contributed by atoms with Gasteiger partial charge in [-0.3, -0.25) is 9.59 Å². The molecule has 2 rings (SSSR count). The first kappa shape index (κ1) is 20.0. The van der Waals surface area contributed by atoms with Crippen molar-refractivity contribution < 1.29 is 14.1 Å².